The van der Waals surface area contributed by atoms with Crippen molar-refractivity contribution < 1.29 is 4.74 Å². The molecule has 2 aromatic heterocycles. The molecule has 2 atom stereocenters. The van der Waals surface area contributed by atoms with E-state index in [0.717, 1.165) is 36.3 Å². The summed E-state index contributed by atoms with van der Waals surface area (Å²) in [4.78, 5) is 8.90. The lowest BCUT2D eigenvalue weighted by Gasteiger charge is -2.19. The van der Waals surface area contributed by atoms with Crippen LogP contribution in [0.4, 0.5) is 5.82 Å². The van der Waals surface area contributed by atoms with Crippen molar-refractivity contribution in [2.45, 2.75) is 24.8 Å². The summed E-state index contributed by atoms with van der Waals surface area (Å²) in [5, 5.41) is 3.60. The number of nitrogens with two attached hydrogens (primary N) is 1. The second-order valence-corrected chi connectivity index (χ2v) is 7.68. The van der Waals surface area contributed by atoms with E-state index in [-0.39, 0.29) is 6.04 Å². The van der Waals surface area contributed by atoms with Crippen LogP contribution in [0.2, 0.25) is 0 Å². The van der Waals surface area contributed by atoms with Gasteiger partial charge in [0, 0.05) is 24.7 Å². The minimum atomic E-state index is 0.117. The van der Waals surface area contributed by atoms with Gasteiger partial charge in [-0.15, -0.1) is 0 Å². The van der Waals surface area contributed by atoms with Gasteiger partial charge in [0.1, 0.15) is 17.1 Å². The molecule has 3 heterocycles. The van der Waals surface area contributed by atoms with E-state index >= 15 is 0 Å². The van der Waals surface area contributed by atoms with Crippen LogP contribution in [-0.4, -0.2) is 27.5 Å². The maximum absolute atomic E-state index is 6.15. The molecule has 4 aromatic rings. The monoisotopic (exact) mass is 399 g/mol. The zero-order valence-electron chi connectivity index (χ0n) is 16.7. The van der Waals surface area contributed by atoms with Crippen molar-refractivity contribution >= 4 is 11.3 Å². The Kier molecular flexibility index (Phi) is 5.07. The molecular weight excluding hydrogens is 374 g/mol. The number of fused-ring (bicyclic) bond motifs is 1. The molecule has 0 bridgehead atoms. The lowest BCUT2D eigenvalue weighted by Crippen LogP contribution is -2.18. The van der Waals surface area contributed by atoms with Crippen molar-refractivity contribution in [3.8, 4) is 5.75 Å². The van der Waals surface area contributed by atoms with Crippen molar-refractivity contribution in [1.29, 1.82) is 0 Å². The maximum atomic E-state index is 6.15. The van der Waals surface area contributed by atoms with Crippen molar-refractivity contribution in [2.24, 2.45) is 0 Å². The predicted octanol–water partition coefficient (Wildman–Crippen LogP) is 3.75. The van der Waals surface area contributed by atoms with E-state index in [9.17, 15) is 0 Å². The molecule has 30 heavy (non-hydrogen) atoms. The Bertz CT molecular complexity index is 1120. The largest absolute Gasteiger partial charge is 0.493 e. The minimum Gasteiger partial charge on any atom is -0.493 e. The number of nitrogens with one attached hydrogen (secondary N) is 1. The molecule has 1 unspecified atom stereocenters. The van der Waals surface area contributed by atoms with Crippen molar-refractivity contribution in [3.63, 3.8) is 0 Å². The van der Waals surface area contributed by atoms with Crippen molar-refractivity contribution in [3.05, 3.63) is 90.1 Å². The SMILES string of the molecule is Nc1nccn2cnc([C@H]3NCCC3c3ccc(OCCc4ccccc4)cc3)c12. The zero-order valence-corrected chi connectivity index (χ0v) is 16.7. The maximum Gasteiger partial charge on any atom is 0.149 e. The molecule has 1 fully saturated rings. The highest BCUT2D eigenvalue weighted by atomic mass is 16.5. The highest BCUT2D eigenvalue weighted by Crippen LogP contribution is 2.39. The Morgan fingerprint density at radius 1 is 1.07 bits per heavy atom. The average Bonchev–Trinajstić information content (AvgIpc) is 3.43. The molecule has 0 spiro atoms. The van der Waals surface area contributed by atoms with Crippen LogP contribution in [0.25, 0.3) is 5.52 Å². The van der Waals surface area contributed by atoms with Crippen LogP contribution in [0.5, 0.6) is 5.75 Å². The summed E-state index contributed by atoms with van der Waals surface area (Å²) in [6.07, 6.45) is 7.35. The van der Waals surface area contributed by atoms with Gasteiger partial charge < -0.3 is 20.2 Å². The fourth-order valence-electron chi connectivity index (χ4n) is 4.32. The Labute approximate surface area is 175 Å². The van der Waals surface area contributed by atoms with E-state index in [1.807, 2.05) is 23.0 Å². The van der Waals surface area contributed by atoms with Crippen LogP contribution < -0.4 is 15.8 Å². The number of anilines is 1. The summed E-state index contributed by atoms with van der Waals surface area (Å²) >= 11 is 0. The number of nitrogens with zero attached hydrogens (tertiary/aromatic N) is 3. The molecule has 0 radical (unpaired) electrons. The topological polar surface area (TPSA) is 77.5 Å². The van der Waals surface area contributed by atoms with Gasteiger partial charge in [-0.2, -0.15) is 0 Å². The summed E-state index contributed by atoms with van der Waals surface area (Å²) < 4.78 is 7.89. The number of ether oxygens (including phenoxy) is 1. The summed E-state index contributed by atoms with van der Waals surface area (Å²) in [7, 11) is 0. The Morgan fingerprint density at radius 3 is 2.73 bits per heavy atom. The smallest absolute Gasteiger partial charge is 0.149 e. The summed E-state index contributed by atoms with van der Waals surface area (Å²) in [5.41, 5.74) is 10.6. The summed E-state index contributed by atoms with van der Waals surface area (Å²) in [6, 6.07) is 19.0. The first-order valence-corrected chi connectivity index (χ1v) is 10.4. The van der Waals surface area contributed by atoms with Crippen LogP contribution in [0, 0.1) is 0 Å². The average molecular weight is 399 g/mol. The molecular formula is C24H25N5O. The molecule has 0 saturated carbocycles. The fraction of sp³-hybridized carbons (Fsp3) is 0.250. The van der Waals surface area contributed by atoms with Gasteiger partial charge in [0.25, 0.3) is 0 Å². The number of imidazole rings is 1. The van der Waals surface area contributed by atoms with Gasteiger partial charge in [0.2, 0.25) is 0 Å². The first kappa shape index (κ1) is 18.6. The van der Waals surface area contributed by atoms with E-state index in [1.54, 1.807) is 6.20 Å². The van der Waals surface area contributed by atoms with Gasteiger partial charge in [-0.25, -0.2) is 9.97 Å². The third-order valence-electron chi connectivity index (χ3n) is 5.83. The fourth-order valence-corrected chi connectivity index (χ4v) is 4.32. The molecule has 3 N–H and O–H groups in total. The van der Waals surface area contributed by atoms with Crippen molar-refractivity contribution in [2.75, 3.05) is 18.9 Å². The van der Waals surface area contributed by atoms with Gasteiger partial charge in [-0.05, 0) is 36.2 Å². The molecule has 6 heteroatoms. The molecule has 1 aliphatic rings. The second-order valence-electron chi connectivity index (χ2n) is 7.68. The number of hydrogen-bond donors (Lipinski definition) is 2. The standard InChI is InChI=1S/C24H25N5O/c25-24-23-22(28-16-29(23)14-13-27-24)21-20(10-12-26-21)18-6-8-19(9-7-18)30-15-11-17-4-2-1-3-5-17/h1-9,13-14,16,20-21,26H,10-12,15H2,(H2,25,27)/t20?,21-/m0/s1. The third-order valence-corrected chi connectivity index (χ3v) is 5.83. The molecule has 1 aliphatic heterocycles. The molecule has 1 saturated heterocycles. The summed E-state index contributed by atoms with van der Waals surface area (Å²) in [6.45, 7) is 1.62. The van der Waals surface area contributed by atoms with Crippen LogP contribution >= 0.6 is 0 Å². The predicted molar refractivity (Wildman–Crippen MR) is 118 cm³/mol. The highest BCUT2D eigenvalue weighted by Gasteiger charge is 2.32. The van der Waals surface area contributed by atoms with Gasteiger partial charge >= 0.3 is 0 Å². The van der Waals surface area contributed by atoms with Crippen LogP contribution in [0.1, 0.15) is 35.2 Å². The molecule has 0 aliphatic carbocycles. The Morgan fingerprint density at radius 2 is 1.90 bits per heavy atom. The van der Waals surface area contributed by atoms with Gasteiger partial charge in [-0.1, -0.05) is 42.5 Å². The van der Waals surface area contributed by atoms with E-state index in [1.165, 1.54) is 11.1 Å². The quantitative estimate of drug-likeness (QED) is 0.516. The lowest BCUT2D eigenvalue weighted by atomic mass is 9.90. The lowest BCUT2D eigenvalue weighted by molar-refractivity contribution is 0.322. The highest BCUT2D eigenvalue weighted by molar-refractivity contribution is 5.69. The molecule has 5 rings (SSSR count). The minimum absolute atomic E-state index is 0.117. The second kappa shape index (κ2) is 8.16. The number of rotatable bonds is 6. The van der Waals surface area contributed by atoms with E-state index in [2.05, 4.69) is 63.8 Å². The number of aromatic nitrogens is 3. The Hall–Kier alpha value is -3.38. The van der Waals surface area contributed by atoms with E-state index in [0.29, 0.717) is 18.3 Å². The molecule has 2 aromatic carbocycles. The summed E-state index contributed by atoms with van der Waals surface area (Å²) in [5.74, 6) is 1.75. The zero-order chi connectivity index (χ0) is 20.3. The number of hydrogen-bond acceptors (Lipinski definition) is 5. The number of nitrogen functional groups attached to an aromatic ring is 1. The van der Waals surface area contributed by atoms with Crippen LogP contribution in [0.3, 0.4) is 0 Å². The first-order valence-electron chi connectivity index (χ1n) is 10.4. The molecule has 0 amide bonds. The van der Waals surface area contributed by atoms with Gasteiger partial charge in [0.05, 0.1) is 24.7 Å². The molecule has 6 nitrogen and oxygen atoms in total. The molecule has 152 valence electrons. The Balaban J connectivity index is 1.30. The number of benzene rings is 2. The van der Waals surface area contributed by atoms with Crippen LogP contribution in [0.15, 0.2) is 73.3 Å². The van der Waals surface area contributed by atoms with E-state index < -0.39 is 0 Å². The van der Waals surface area contributed by atoms with Gasteiger partial charge in [0.15, 0.2) is 0 Å². The normalized spacial score (nSPS) is 18.7. The van der Waals surface area contributed by atoms with Crippen LogP contribution in [-0.2, 0) is 6.42 Å². The van der Waals surface area contributed by atoms with Crippen molar-refractivity contribution in [1.82, 2.24) is 19.7 Å². The van der Waals surface area contributed by atoms with E-state index in [4.69, 9.17) is 10.5 Å². The first-order chi connectivity index (χ1) is 14.8. The van der Waals surface area contributed by atoms with Gasteiger partial charge in [-0.3, -0.25) is 0 Å². The third kappa shape index (κ3) is 3.62.